The van der Waals surface area contributed by atoms with E-state index < -0.39 is 0 Å². The Labute approximate surface area is 172 Å². The van der Waals surface area contributed by atoms with E-state index in [1.165, 1.54) is 16.8 Å². The molecule has 1 saturated heterocycles. The molecular weight excluding hydrogens is 366 g/mol. The largest absolute Gasteiger partial charge is 0.486 e. The predicted octanol–water partition coefficient (Wildman–Crippen LogP) is 4.24. The molecule has 4 rings (SSSR count). The van der Waals surface area contributed by atoms with Gasteiger partial charge in [-0.05, 0) is 36.1 Å². The summed E-state index contributed by atoms with van der Waals surface area (Å²) in [5, 5.41) is 2.99. The van der Waals surface area contributed by atoms with Gasteiger partial charge in [0.1, 0.15) is 13.2 Å². The highest BCUT2D eigenvalue weighted by atomic mass is 16.6. The minimum Gasteiger partial charge on any atom is -0.486 e. The number of fused-ring (bicyclic) bond motifs is 1. The Morgan fingerprint density at radius 2 is 1.72 bits per heavy atom. The Morgan fingerprint density at radius 1 is 1.00 bits per heavy atom. The summed E-state index contributed by atoms with van der Waals surface area (Å²) in [5.41, 5.74) is 4.72. The molecule has 0 aliphatic carbocycles. The maximum Gasteiger partial charge on any atom is 0.321 e. The second kappa shape index (κ2) is 8.23. The molecule has 0 aromatic heterocycles. The molecule has 2 heterocycles. The zero-order valence-corrected chi connectivity index (χ0v) is 17.4. The second-order valence-electron chi connectivity index (χ2n) is 7.93. The molecule has 2 aliphatic heterocycles. The first kappa shape index (κ1) is 19.4. The van der Waals surface area contributed by atoms with Crippen molar-refractivity contribution in [2.45, 2.75) is 26.7 Å². The summed E-state index contributed by atoms with van der Waals surface area (Å²) in [6.45, 7) is 10.8. The van der Waals surface area contributed by atoms with Crippen LogP contribution in [0.5, 0.6) is 11.5 Å². The highest BCUT2D eigenvalue weighted by molar-refractivity contribution is 5.90. The maximum absolute atomic E-state index is 12.7. The number of anilines is 2. The van der Waals surface area contributed by atoms with Crippen LogP contribution in [0.3, 0.4) is 0 Å². The Bertz CT molecular complexity index is 889. The molecule has 2 aliphatic rings. The summed E-state index contributed by atoms with van der Waals surface area (Å²) in [6.07, 6.45) is 0. The molecule has 0 atom stereocenters. The summed E-state index contributed by atoms with van der Waals surface area (Å²) >= 11 is 0. The number of hydrogen-bond donors (Lipinski definition) is 1. The lowest BCUT2D eigenvalue weighted by atomic mass is 9.97. The Kier molecular flexibility index (Phi) is 5.51. The number of nitrogens with zero attached hydrogens (tertiary/aromatic N) is 2. The highest BCUT2D eigenvalue weighted by Crippen LogP contribution is 2.33. The topological polar surface area (TPSA) is 54.0 Å². The molecule has 154 valence electrons. The van der Waals surface area contributed by atoms with Gasteiger partial charge in [-0.1, -0.05) is 32.0 Å². The first-order valence-electron chi connectivity index (χ1n) is 10.3. The number of benzene rings is 2. The fourth-order valence-electron chi connectivity index (χ4n) is 4.04. The van der Waals surface area contributed by atoms with Gasteiger partial charge in [0.2, 0.25) is 0 Å². The molecule has 0 spiro atoms. The molecule has 0 saturated carbocycles. The van der Waals surface area contributed by atoms with Gasteiger partial charge >= 0.3 is 6.03 Å². The standard InChI is InChI=1S/C23H29N3O3/c1-16(2)19-6-4-5-17(3)22(19)25-9-11-26(12-10-25)23(27)24-18-7-8-20-21(15-18)29-14-13-28-20/h4-8,15-16H,9-14H2,1-3H3,(H,24,27). The minimum atomic E-state index is -0.0739. The summed E-state index contributed by atoms with van der Waals surface area (Å²) in [4.78, 5) is 17.0. The van der Waals surface area contributed by atoms with E-state index in [1.807, 2.05) is 23.1 Å². The van der Waals surface area contributed by atoms with Crippen molar-refractivity contribution in [2.75, 3.05) is 49.6 Å². The maximum atomic E-state index is 12.7. The van der Waals surface area contributed by atoms with Crippen LogP contribution in [0, 0.1) is 6.92 Å². The first-order chi connectivity index (χ1) is 14.0. The lowest BCUT2D eigenvalue weighted by molar-refractivity contribution is 0.171. The van der Waals surface area contributed by atoms with Crippen LogP contribution >= 0.6 is 0 Å². The van der Waals surface area contributed by atoms with Crippen molar-refractivity contribution < 1.29 is 14.3 Å². The van der Waals surface area contributed by atoms with Crippen molar-refractivity contribution >= 4 is 17.4 Å². The van der Waals surface area contributed by atoms with Gasteiger partial charge in [0, 0.05) is 43.6 Å². The molecule has 1 fully saturated rings. The quantitative estimate of drug-likeness (QED) is 0.844. The van der Waals surface area contributed by atoms with Crippen LogP contribution in [0.15, 0.2) is 36.4 Å². The fraction of sp³-hybridized carbons (Fsp3) is 0.435. The van der Waals surface area contributed by atoms with Gasteiger partial charge in [0.15, 0.2) is 11.5 Å². The van der Waals surface area contributed by atoms with Crippen molar-refractivity contribution in [3.8, 4) is 11.5 Å². The van der Waals surface area contributed by atoms with E-state index in [9.17, 15) is 4.79 Å². The van der Waals surface area contributed by atoms with Crippen LogP contribution in [0.25, 0.3) is 0 Å². The Balaban J connectivity index is 1.39. The van der Waals surface area contributed by atoms with E-state index in [0.717, 1.165) is 24.5 Å². The highest BCUT2D eigenvalue weighted by Gasteiger charge is 2.24. The van der Waals surface area contributed by atoms with Gasteiger partial charge in [-0.25, -0.2) is 4.79 Å². The van der Waals surface area contributed by atoms with Gasteiger partial charge in [0.05, 0.1) is 0 Å². The lowest BCUT2D eigenvalue weighted by Gasteiger charge is -2.38. The van der Waals surface area contributed by atoms with Crippen LogP contribution in [-0.4, -0.2) is 50.3 Å². The number of hydrogen-bond acceptors (Lipinski definition) is 4. The number of rotatable bonds is 3. The van der Waals surface area contributed by atoms with Gasteiger partial charge in [-0.3, -0.25) is 0 Å². The van der Waals surface area contributed by atoms with E-state index in [1.54, 1.807) is 0 Å². The predicted molar refractivity (Wildman–Crippen MR) is 116 cm³/mol. The summed E-state index contributed by atoms with van der Waals surface area (Å²) in [7, 11) is 0. The van der Waals surface area contributed by atoms with Gasteiger partial charge in [-0.2, -0.15) is 0 Å². The summed E-state index contributed by atoms with van der Waals surface area (Å²) < 4.78 is 11.1. The fourth-order valence-corrected chi connectivity index (χ4v) is 4.04. The number of ether oxygens (including phenoxy) is 2. The van der Waals surface area contributed by atoms with Crippen LogP contribution in [0.1, 0.15) is 30.9 Å². The third-order valence-corrected chi connectivity index (χ3v) is 5.57. The molecule has 2 amide bonds. The van der Waals surface area contributed by atoms with Crippen molar-refractivity contribution in [2.24, 2.45) is 0 Å². The Morgan fingerprint density at radius 3 is 2.45 bits per heavy atom. The minimum absolute atomic E-state index is 0.0739. The SMILES string of the molecule is Cc1cccc(C(C)C)c1N1CCN(C(=O)Nc2ccc3c(c2)OCCO3)CC1. The molecule has 2 aromatic rings. The second-order valence-corrected chi connectivity index (χ2v) is 7.93. The number of carbonyl (C=O) groups excluding carboxylic acids is 1. The van der Waals surface area contributed by atoms with Crippen molar-refractivity contribution in [3.05, 3.63) is 47.5 Å². The van der Waals surface area contributed by atoms with Crippen molar-refractivity contribution in [3.63, 3.8) is 0 Å². The van der Waals surface area contributed by atoms with E-state index in [0.29, 0.717) is 38.0 Å². The molecule has 2 aromatic carbocycles. The lowest BCUT2D eigenvalue weighted by Crippen LogP contribution is -2.50. The number of amides is 2. The molecule has 1 N–H and O–H groups in total. The number of piperazine rings is 1. The number of aryl methyl sites for hydroxylation is 1. The van der Waals surface area contributed by atoms with Crippen LogP contribution in [-0.2, 0) is 0 Å². The normalized spacial score (nSPS) is 16.1. The molecule has 6 nitrogen and oxygen atoms in total. The number of urea groups is 1. The van der Waals surface area contributed by atoms with Gasteiger partial charge < -0.3 is 24.6 Å². The summed E-state index contributed by atoms with van der Waals surface area (Å²) in [5.74, 6) is 1.88. The number of para-hydroxylation sites is 1. The van der Waals surface area contributed by atoms with E-state index in [4.69, 9.17) is 9.47 Å². The Hall–Kier alpha value is -2.89. The molecule has 0 bridgehead atoms. The van der Waals surface area contributed by atoms with E-state index in [2.05, 4.69) is 49.2 Å². The zero-order valence-electron chi connectivity index (χ0n) is 17.4. The van der Waals surface area contributed by atoms with E-state index >= 15 is 0 Å². The first-order valence-corrected chi connectivity index (χ1v) is 10.3. The molecule has 0 radical (unpaired) electrons. The van der Waals surface area contributed by atoms with Crippen LogP contribution < -0.4 is 19.7 Å². The van der Waals surface area contributed by atoms with Gasteiger partial charge in [-0.15, -0.1) is 0 Å². The number of carbonyl (C=O) groups is 1. The average molecular weight is 396 g/mol. The third-order valence-electron chi connectivity index (χ3n) is 5.57. The monoisotopic (exact) mass is 395 g/mol. The smallest absolute Gasteiger partial charge is 0.321 e. The van der Waals surface area contributed by atoms with E-state index in [-0.39, 0.29) is 6.03 Å². The molecule has 29 heavy (non-hydrogen) atoms. The van der Waals surface area contributed by atoms with Gasteiger partial charge in [0.25, 0.3) is 0 Å². The zero-order chi connectivity index (χ0) is 20.4. The molecule has 6 heteroatoms. The number of nitrogens with one attached hydrogen (secondary N) is 1. The average Bonchev–Trinajstić information content (AvgIpc) is 2.73. The van der Waals surface area contributed by atoms with Crippen molar-refractivity contribution in [1.82, 2.24) is 4.90 Å². The third kappa shape index (κ3) is 4.11. The summed E-state index contributed by atoms with van der Waals surface area (Å²) in [6, 6.07) is 12.0. The molecule has 0 unspecified atom stereocenters. The van der Waals surface area contributed by atoms with Crippen molar-refractivity contribution in [1.29, 1.82) is 0 Å². The van der Waals surface area contributed by atoms with Crippen LogP contribution in [0.4, 0.5) is 16.2 Å². The molecular formula is C23H29N3O3. The van der Waals surface area contributed by atoms with Crippen LogP contribution in [0.2, 0.25) is 0 Å².